The molecule has 3 N–H and O–H groups in total. The number of hydrogen-bond acceptors (Lipinski definition) is 5. The Morgan fingerprint density at radius 1 is 1.40 bits per heavy atom. The van der Waals surface area contributed by atoms with Crippen molar-refractivity contribution < 1.29 is 14.7 Å². The van der Waals surface area contributed by atoms with Gasteiger partial charge in [0.2, 0.25) is 5.82 Å². The van der Waals surface area contributed by atoms with Gasteiger partial charge in [0.15, 0.2) is 0 Å². The second kappa shape index (κ2) is 5.91. The summed E-state index contributed by atoms with van der Waals surface area (Å²) in [6.45, 7) is 1.90. The average molecular weight is 275 g/mol. The molecular weight excluding hydrogens is 262 g/mol. The molecule has 0 aliphatic carbocycles. The number of carboxylic acids is 1. The first-order chi connectivity index (χ1) is 9.58. The van der Waals surface area contributed by atoms with Gasteiger partial charge in [0.05, 0.1) is 24.0 Å². The number of aromatic nitrogens is 4. The van der Waals surface area contributed by atoms with Crippen LogP contribution in [0.5, 0.6) is 0 Å². The molecule has 0 unspecified atom stereocenters. The zero-order valence-electron chi connectivity index (χ0n) is 10.8. The van der Waals surface area contributed by atoms with Crippen molar-refractivity contribution in [3.05, 3.63) is 35.7 Å². The summed E-state index contributed by atoms with van der Waals surface area (Å²) in [5.74, 6) is -0.725. The van der Waals surface area contributed by atoms with Crippen LogP contribution in [0.25, 0.3) is 0 Å². The molecule has 2 aromatic rings. The Morgan fingerprint density at radius 3 is 2.75 bits per heavy atom. The number of H-pyrrole nitrogens is 1. The molecule has 0 aliphatic heterocycles. The standard InChI is InChI=1S/C12H13N5O3/c1-2-9-15-11(17-16-9)12(20)14-8-4-3-7(13-6-8)5-10(18)19/h3-4,6H,2,5H2,1H3,(H,14,20)(H,18,19)(H,15,16,17). The molecule has 0 aromatic carbocycles. The number of carbonyl (C=O) groups excluding carboxylic acids is 1. The summed E-state index contributed by atoms with van der Waals surface area (Å²) in [7, 11) is 0. The highest BCUT2D eigenvalue weighted by atomic mass is 16.4. The number of carboxylic acid groups (broad SMARTS) is 1. The topological polar surface area (TPSA) is 121 Å². The van der Waals surface area contributed by atoms with Gasteiger partial charge in [-0.25, -0.2) is 4.98 Å². The van der Waals surface area contributed by atoms with Crippen LogP contribution in [0.15, 0.2) is 18.3 Å². The van der Waals surface area contributed by atoms with Crippen LogP contribution < -0.4 is 5.32 Å². The molecule has 0 fully saturated rings. The minimum atomic E-state index is -0.956. The molecule has 2 rings (SSSR count). The van der Waals surface area contributed by atoms with Crippen LogP contribution >= 0.6 is 0 Å². The molecule has 2 heterocycles. The van der Waals surface area contributed by atoms with Gasteiger partial charge in [-0.2, -0.15) is 0 Å². The van der Waals surface area contributed by atoms with Crippen molar-refractivity contribution in [1.82, 2.24) is 20.2 Å². The van der Waals surface area contributed by atoms with E-state index in [2.05, 4.69) is 25.5 Å². The van der Waals surface area contributed by atoms with Crippen LogP contribution in [0.2, 0.25) is 0 Å². The Hall–Kier alpha value is -2.77. The van der Waals surface area contributed by atoms with Gasteiger partial charge in [-0.05, 0) is 12.1 Å². The van der Waals surface area contributed by atoms with Crippen LogP contribution in [0.3, 0.4) is 0 Å². The van der Waals surface area contributed by atoms with E-state index in [1.165, 1.54) is 6.20 Å². The Balaban J connectivity index is 2.02. The van der Waals surface area contributed by atoms with E-state index in [4.69, 9.17) is 5.11 Å². The second-order valence-corrected chi connectivity index (χ2v) is 4.02. The Bertz CT molecular complexity index is 620. The van der Waals surface area contributed by atoms with Crippen LogP contribution in [0.4, 0.5) is 5.69 Å². The lowest BCUT2D eigenvalue weighted by Gasteiger charge is -2.02. The highest BCUT2D eigenvalue weighted by molar-refractivity contribution is 6.01. The van der Waals surface area contributed by atoms with E-state index < -0.39 is 11.9 Å². The summed E-state index contributed by atoms with van der Waals surface area (Å²) in [5.41, 5.74) is 0.869. The predicted molar refractivity (Wildman–Crippen MR) is 69.3 cm³/mol. The smallest absolute Gasteiger partial charge is 0.309 e. The Kier molecular flexibility index (Phi) is 4.04. The molecule has 0 atom stereocenters. The van der Waals surface area contributed by atoms with Gasteiger partial charge in [-0.3, -0.25) is 19.7 Å². The normalized spacial score (nSPS) is 10.2. The summed E-state index contributed by atoms with van der Waals surface area (Å²) >= 11 is 0. The van der Waals surface area contributed by atoms with Crippen LogP contribution in [0.1, 0.15) is 29.1 Å². The van der Waals surface area contributed by atoms with Gasteiger partial charge >= 0.3 is 5.97 Å². The quantitative estimate of drug-likeness (QED) is 0.736. The molecule has 104 valence electrons. The van der Waals surface area contributed by atoms with Crippen LogP contribution in [-0.4, -0.2) is 37.1 Å². The third-order valence-corrected chi connectivity index (χ3v) is 2.48. The van der Waals surface area contributed by atoms with Crippen molar-refractivity contribution in [2.45, 2.75) is 19.8 Å². The van der Waals surface area contributed by atoms with E-state index >= 15 is 0 Å². The summed E-state index contributed by atoms with van der Waals surface area (Å²) in [4.78, 5) is 30.3. The fraction of sp³-hybridized carbons (Fsp3) is 0.250. The van der Waals surface area contributed by atoms with Gasteiger partial charge < -0.3 is 10.4 Å². The lowest BCUT2D eigenvalue weighted by atomic mass is 10.2. The van der Waals surface area contributed by atoms with Crippen molar-refractivity contribution in [3.63, 3.8) is 0 Å². The van der Waals surface area contributed by atoms with E-state index in [-0.39, 0.29) is 12.2 Å². The Labute approximate surface area is 114 Å². The number of hydrogen-bond donors (Lipinski definition) is 3. The number of rotatable bonds is 5. The second-order valence-electron chi connectivity index (χ2n) is 4.02. The zero-order valence-corrected chi connectivity index (χ0v) is 10.8. The molecule has 1 amide bonds. The predicted octanol–water partition coefficient (Wildman–Crippen LogP) is 0.641. The molecule has 0 saturated carbocycles. The van der Waals surface area contributed by atoms with Crippen molar-refractivity contribution in [2.24, 2.45) is 0 Å². The van der Waals surface area contributed by atoms with Crippen molar-refractivity contribution in [2.75, 3.05) is 5.32 Å². The van der Waals surface area contributed by atoms with Gasteiger partial charge in [-0.15, -0.1) is 5.10 Å². The maximum Gasteiger partial charge on any atom is 0.309 e. The number of anilines is 1. The van der Waals surface area contributed by atoms with E-state index in [1.807, 2.05) is 6.92 Å². The third-order valence-electron chi connectivity index (χ3n) is 2.48. The number of pyridine rings is 1. The number of nitrogens with zero attached hydrogens (tertiary/aromatic N) is 3. The molecule has 2 aromatic heterocycles. The molecule has 0 saturated heterocycles. The van der Waals surface area contributed by atoms with E-state index in [0.717, 1.165) is 0 Å². The van der Waals surface area contributed by atoms with Crippen molar-refractivity contribution in [3.8, 4) is 0 Å². The Morgan fingerprint density at radius 2 is 2.20 bits per heavy atom. The van der Waals surface area contributed by atoms with Crippen molar-refractivity contribution >= 4 is 17.6 Å². The third kappa shape index (κ3) is 3.37. The van der Waals surface area contributed by atoms with E-state index in [1.54, 1.807) is 12.1 Å². The molecule has 0 aliphatic rings. The maximum absolute atomic E-state index is 11.8. The molecule has 20 heavy (non-hydrogen) atoms. The summed E-state index contributed by atoms with van der Waals surface area (Å²) < 4.78 is 0. The number of aliphatic carboxylic acids is 1. The lowest BCUT2D eigenvalue weighted by molar-refractivity contribution is -0.136. The fourth-order valence-corrected chi connectivity index (χ4v) is 1.50. The molecular formula is C12H13N5O3. The number of aromatic amines is 1. The SMILES string of the molecule is CCc1nc(C(=O)Nc2ccc(CC(=O)O)nc2)n[nH]1. The van der Waals surface area contributed by atoms with E-state index in [0.29, 0.717) is 23.6 Å². The maximum atomic E-state index is 11.8. The molecule has 0 radical (unpaired) electrons. The van der Waals surface area contributed by atoms with Gasteiger partial charge in [0.25, 0.3) is 5.91 Å². The number of nitrogens with one attached hydrogen (secondary N) is 2. The summed E-state index contributed by atoms with van der Waals surface area (Å²) in [6, 6.07) is 3.12. The van der Waals surface area contributed by atoms with E-state index in [9.17, 15) is 9.59 Å². The molecule has 8 heteroatoms. The van der Waals surface area contributed by atoms with Gasteiger partial charge in [0.1, 0.15) is 5.82 Å². The largest absolute Gasteiger partial charge is 0.481 e. The van der Waals surface area contributed by atoms with Gasteiger partial charge in [0, 0.05) is 6.42 Å². The van der Waals surface area contributed by atoms with Gasteiger partial charge in [-0.1, -0.05) is 6.92 Å². The number of carbonyl (C=O) groups is 2. The summed E-state index contributed by atoms with van der Waals surface area (Å²) in [6.07, 6.45) is 1.89. The fourth-order valence-electron chi connectivity index (χ4n) is 1.50. The zero-order chi connectivity index (χ0) is 14.5. The first-order valence-electron chi connectivity index (χ1n) is 5.98. The molecule has 0 bridgehead atoms. The molecule has 8 nitrogen and oxygen atoms in total. The van der Waals surface area contributed by atoms with Crippen LogP contribution in [-0.2, 0) is 17.6 Å². The minimum absolute atomic E-state index is 0.0523. The number of aryl methyl sites for hydroxylation is 1. The van der Waals surface area contributed by atoms with Crippen LogP contribution in [0, 0.1) is 0 Å². The molecule has 0 spiro atoms. The highest BCUT2D eigenvalue weighted by Gasteiger charge is 2.12. The average Bonchev–Trinajstić information content (AvgIpc) is 2.89. The van der Waals surface area contributed by atoms with Crippen molar-refractivity contribution in [1.29, 1.82) is 0 Å². The number of amides is 1. The first-order valence-corrected chi connectivity index (χ1v) is 5.98. The summed E-state index contributed by atoms with van der Waals surface area (Å²) in [5, 5.41) is 17.7. The minimum Gasteiger partial charge on any atom is -0.481 e. The lowest BCUT2D eigenvalue weighted by Crippen LogP contribution is -2.14. The highest BCUT2D eigenvalue weighted by Crippen LogP contribution is 2.08. The monoisotopic (exact) mass is 275 g/mol. The first kappa shape index (κ1) is 13.7.